The fraction of sp³-hybridized carbons (Fsp3) is 0.632. The Bertz CT molecular complexity index is 1070. The number of ether oxygens (including phenoxy) is 3. The minimum Gasteiger partial charge on any atom is -0.461 e. The van der Waals surface area contributed by atoms with E-state index in [-0.39, 0.29) is 12.6 Å². The molecular formula is C19H21Cl4N5O7. The van der Waals surface area contributed by atoms with Gasteiger partial charge in [-0.25, -0.2) is 24.5 Å². The zero-order valence-electron chi connectivity index (χ0n) is 17.8. The van der Waals surface area contributed by atoms with Crippen LogP contribution in [0, 0.1) is 0 Å². The number of imidazole rings is 1. The summed E-state index contributed by atoms with van der Waals surface area (Å²) < 4.78 is 17.4. The van der Waals surface area contributed by atoms with Gasteiger partial charge in [-0.05, 0) is 19.3 Å². The van der Waals surface area contributed by atoms with Gasteiger partial charge >= 0.3 is 11.9 Å². The first-order valence-corrected chi connectivity index (χ1v) is 12.3. The number of hydrogen-bond acceptors (Lipinski definition) is 11. The molecular weight excluding hydrogens is 552 g/mol. The van der Waals surface area contributed by atoms with Crippen molar-refractivity contribution >= 4 is 75.3 Å². The maximum absolute atomic E-state index is 11.8. The summed E-state index contributed by atoms with van der Waals surface area (Å²) in [6.45, 7) is -0.370. The van der Waals surface area contributed by atoms with E-state index in [1.807, 2.05) is 0 Å². The van der Waals surface area contributed by atoms with Crippen molar-refractivity contribution in [2.75, 3.05) is 11.9 Å². The smallest absolute Gasteiger partial charge is 0.339 e. The van der Waals surface area contributed by atoms with Gasteiger partial charge in [-0.3, -0.25) is 4.57 Å². The van der Waals surface area contributed by atoms with E-state index in [1.54, 1.807) is 0 Å². The highest BCUT2D eigenvalue weighted by molar-refractivity contribution is 6.53. The number of nitrogens with one attached hydrogen (secondary N) is 1. The lowest BCUT2D eigenvalue weighted by Crippen LogP contribution is -2.34. The lowest BCUT2D eigenvalue weighted by Gasteiger charge is -2.22. The normalized spacial score (nSPS) is 28.7. The van der Waals surface area contributed by atoms with Crippen molar-refractivity contribution in [2.45, 2.75) is 65.6 Å². The van der Waals surface area contributed by atoms with E-state index in [1.165, 1.54) is 17.2 Å². The van der Waals surface area contributed by atoms with Crippen LogP contribution >= 0.6 is 46.4 Å². The Morgan fingerprint density at radius 2 is 1.86 bits per heavy atom. The van der Waals surface area contributed by atoms with Gasteiger partial charge in [0.25, 0.3) is 0 Å². The fourth-order valence-electron chi connectivity index (χ4n) is 4.08. The SMILES string of the molecule is O=C(OC[C@H]1O[C@@H](n2cnc3c(N[C@@H]4CCC[C@H]4OC(=O)C(Cl)Cl)ncnc32)[C@H](O)[C@H]1O)C(Cl)Cl. The number of hydrogen-bond donors (Lipinski definition) is 3. The molecule has 0 amide bonds. The van der Waals surface area contributed by atoms with Crippen molar-refractivity contribution in [3.8, 4) is 0 Å². The van der Waals surface area contributed by atoms with Crippen LogP contribution < -0.4 is 5.32 Å². The van der Waals surface area contributed by atoms with E-state index in [2.05, 4.69) is 20.3 Å². The summed E-state index contributed by atoms with van der Waals surface area (Å²) in [5.41, 5.74) is 0.676. The molecule has 0 radical (unpaired) electrons. The van der Waals surface area contributed by atoms with Crippen LogP contribution in [0.15, 0.2) is 12.7 Å². The Morgan fingerprint density at radius 3 is 2.57 bits per heavy atom. The van der Waals surface area contributed by atoms with Crippen LogP contribution in [0.25, 0.3) is 11.2 Å². The van der Waals surface area contributed by atoms with E-state index in [4.69, 9.17) is 60.6 Å². The standard InChI is InChI=1S/C19H21Cl4N5O7/c20-13(21)18(31)33-4-9-11(29)12(30)17(34-9)28-6-26-10-15(24-5-25-16(10)28)27-7-2-1-3-8(7)35-19(32)14(22)23/h5-9,11-14,17,29-30H,1-4H2,(H,24,25,27)/t7-,8-,9-,11+,12-,17-/m1/s1. The molecule has 12 nitrogen and oxygen atoms in total. The molecule has 0 spiro atoms. The summed E-state index contributed by atoms with van der Waals surface area (Å²) in [4.78, 5) is 33.5. The van der Waals surface area contributed by atoms with Gasteiger partial charge in [-0.15, -0.1) is 0 Å². The number of halogens is 4. The summed E-state index contributed by atoms with van der Waals surface area (Å²) >= 11 is 22.1. The number of esters is 2. The monoisotopic (exact) mass is 571 g/mol. The van der Waals surface area contributed by atoms with Crippen molar-refractivity contribution in [1.82, 2.24) is 19.5 Å². The number of aliphatic hydroxyl groups excluding tert-OH is 2. The maximum Gasteiger partial charge on any atom is 0.339 e. The van der Waals surface area contributed by atoms with Gasteiger partial charge in [0.2, 0.25) is 9.67 Å². The third-order valence-corrected chi connectivity index (χ3v) is 6.47. The summed E-state index contributed by atoms with van der Waals surface area (Å²) in [5, 5.41) is 24.1. The lowest BCUT2D eigenvalue weighted by molar-refractivity contribution is -0.148. The Balaban J connectivity index is 1.50. The summed E-state index contributed by atoms with van der Waals surface area (Å²) in [5.74, 6) is -1.24. The molecule has 3 heterocycles. The number of aliphatic hydroxyl groups is 2. The third kappa shape index (κ3) is 5.68. The van der Waals surface area contributed by atoms with Gasteiger partial charge in [0.1, 0.15) is 37.4 Å². The van der Waals surface area contributed by atoms with Crippen molar-refractivity contribution < 1.29 is 34.0 Å². The van der Waals surface area contributed by atoms with Crippen molar-refractivity contribution in [3.05, 3.63) is 12.7 Å². The molecule has 2 aromatic rings. The Kier molecular flexibility index (Phi) is 8.41. The molecule has 6 atom stereocenters. The summed E-state index contributed by atoms with van der Waals surface area (Å²) in [7, 11) is 0. The van der Waals surface area contributed by atoms with Crippen molar-refractivity contribution in [1.29, 1.82) is 0 Å². The number of nitrogens with zero attached hydrogens (tertiary/aromatic N) is 4. The molecule has 2 aliphatic rings. The Hall–Kier alpha value is -1.67. The molecule has 192 valence electrons. The molecule has 16 heteroatoms. The number of anilines is 1. The highest BCUT2D eigenvalue weighted by Crippen LogP contribution is 2.33. The Labute approximate surface area is 218 Å². The predicted molar refractivity (Wildman–Crippen MR) is 124 cm³/mol. The molecule has 3 N–H and O–H groups in total. The largest absolute Gasteiger partial charge is 0.461 e. The summed E-state index contributed by atoms with van der Waals surface area (Å²) in [6.07, 6.45) is -0.470. The fourth-order valence-corrected chi connectivity index (χ4v) is 4.31. The topological polar surface area (TPSA) is 158 Å². The number of carbonyl (C=O) groups is 2. The molecule has 0 bridgehead atoms. The van der Waals surface area contributed by atoms with Crippen molar-refractivity contribution in [3.63, 3.8) is 0 Å². The van der Waals surface area contributed by atoms with Crippen LogP contribution in [0.2, 0.25) is 0 Å². The second kappa shape index (κ2) is 11.2. The second-order valence-corrected chi connectivity index (χ2v) is 10.2. The van der Waals surface area contributed by atoms with E-state index in [9.17, 15) is 19.8 Å². The number of carbonyl (C=O) groups excluding carboxylic acids is 2. The first-order valence-electron chi connectivity index (χ1n) is 10.6. The van der Waals surface area contributed by atoms with Gasteiger partial charge in [0, 0.05) is 0 Å². The molecule has 1 aliphatic heterocycles. The zero-order valence-corrected chi connectivity index (χ0v) is 20.9. The van der Waals surface area contributed by atoms with Crippen LogP contribution in [-0.4, -0.2) is 88.4 Å². The molecule has 0 unspecified atom stereocenters. The van der Waals surface area contributed by atoms with Crippen LogP contribution in [-0.2, 0) is 23.8 Å². The van der Waals surface area contributed by atoms with Gasteiger partial charge < -0.3 is 29.7 Å². The highest BCUT2D eigenvalue weighted by atomic mass is 35.5. The molecule has 1 saturated heterocycles. The van der Waals surface area contributed by atoms with E-state index >= 15 is 0 Å². The molecule has 2 aromatic heterocycles. The van der Waals surface area contributed by atoms with Gasteiger partial charge in [0.15, 0.2) is 23.2 Å². The quantitative estimate of drug-likeness (QED) is 0.310. The van der Waals surface area contributed by atoms with Gasteiger partial charge in [-0.1, -0.05) is 46.4 Å². The van der Waals surface area contributed by atoms with Crippen LogP contribution in [0.3, 0.4) is 0 Å². The van der Waals surface area contributed by atoms with E-state index in [0.29, 0.717) is 29.8 Å². The molecule has 1 saturated carbocycles. The predicted octanol–water partition coefficient (Wildman–Crippen LogP) is 1.47. The van der Waals surface area contributed by atoms with E-state index in [0.717, 1.165) is 6.42 Å². The number of alkyl halides is 4. The minimum atomic E-state index is -1.39. The van der Waals surface area contributed by atoms with Crippen molar-refractivity contribution in [2.24, 2.45) is 0 Å². The first-order chi connectivity index (χ1) is 16.7. The molecule has 35 heavy (non-hydrogen) atoms. The van der Waals surface area contributed by atoms with Crippen LogP contribution in [0.1, 0.15) is 25.5 Å². The minimum absolute atomic E-state index is 0.254. The Morgan fingerprint density at radius 1 is 1.11 bits per heavy atom. The van der Waals surface area contributed by atoms with Crippen LogP contribution in [0.5, 0.6) is 0 Å². The van der Waals surface area contributed by atoms with E-state index < -0.39 is 52.3 Å². The molecule has 1 aliphatic carbocycles. The lowest BCUT2D eigenvalue weighted by atomic mass is 10.1. The molecule has 4 rings (SSSR count). The van der Waals surface area contributed by atoms with Crippen LogP contribution in [0.4, 0.5) is 5.82 Å². The summed E-state index contributed by atoms with van der Waals surface area (Å²) in [6, 6.07) is -0.254. The zero-order chi connectivity index (χ0) is 25.3. The number of fused-ring (bicyclic) bond motifs is 1. The second-order valence-electron chi connectivity index (χ2n) is 7.98. The average molecular weight is 573 g/mol. The number of rotatable bonds is 8. The molecule has 0 aromatic carbocycles. The van der Waals surface area contributed by atoms with Gasteiger partial charge in [0.05, 0.1) is 12.4 Å². The highest BCUT2D eigenvalue weighted by Gasteiger charge is 2.45. The maximum atomic E-state index is 11.8. The first kappa shape index (κ1) is 26.4. The third-order valence-electron chi connectivity index (χ3n) is 5.76. The average Bonchev–Trinajstić information content (AvgIpc) is 3.51. The van der Waals surface area contributed by atoms with Gasteiger partial charge in [-0.2, -0.15) is 0 Å². The molecule has 2 fully saturated rings. The number of aromatic nitrogens is 4.